The Balaban J connectivity index is 1.31. The van der Waals surface area contributed by atoms with Gasteiger partial charge in [0, 0.05) is 65.5 Å². The lowest BCUT2D eigenvalue weighted by molar-refractivity contribution is -0.0362. The third-order valence-electron chi connectivity index (χ3n) is 9.12. The molecule has 3 aliphatic rings. The van der Waals surface area contributed by atoms with Gasteiger partial charge in [0.2, 0.25) is 0 Å². The molecule has 8 heteroatoms. The first-order chi connectivity index (χ1) is 18.2. The van der Waals surface area contributed by atoms with E-state index in [4.69, 9.17) is 9.72 Å². The summed E-state index contributed by atoms with van der Waals surface area (Å²) in [5.41, 5.74) is 3.67. The normalized spacial score (nSPS) is 20.8. The Kier molecular flexibility index (Phi) is 6.07. The summed E-state index contributed by atoms with van der Waals surface area (Å²) in [6.45, 7) is 12.0. The van der Waals surface area contributed by atoms with E-state index in [0.29, 0.717) is 16.6 Å². The number of benzene rings is 1. The summed E-state index contributed by atoms with van der Waals surface area (Å²) in [5, 5.41) is 10.2. The molecular formula is C30H36N4O4. The highest BCUT2D eigenvalue weighted by molar-refractivity contribution is 6.20. The van der Waals surface area contributed by atoms with Crippen molar-refractivity contribution in [1.29, 1.82) is 0 Å². The molecule has 200 valence electrons. The Morgan fingerprint density at radius 2 is 1.87 bits per heavy atom. The molecule has 0 saturated carbocycles. The number of H-pyrrole nitrogens is 1. The van der Waals surface area contributed by atoms with Crippen molar-refractivity contribution in [3.05, 3.63) is 58.4 Å². The van der Waals surface area contributed by atoms with Crippen LogP contribution in [0.25, 0.3) is 10.9 Å². The van der Waals surface area contributed by atoms with Gasteiger partial charge in [-0.15, -0.1) is 0 Å². The van der Waals surface area contributed by atoms with Crippen LogP contribution in [-0.4, -0.2) is 76.7 Å². The predicted octanol–water partition coefficient (Wildman–Crippen LogP) is 4.60. The minimum atomic E-state index is -0.986. The number of piperidine rings is 1. The number of aromatic amines is 1. The fourth-order valence-electron chi connectivity index (χ4n) is 7.00. The molecule has 0 amide bonds. The molecule has 4 heterocycles. The number of carboxylic acids is 1. The number of hydrogen-bond donors (Lipinski definition) is 2. The van der Waals surface area contributed by atoms with Crippen LogP contribution in [0.2, 0.25) is 0 Å². The van der Waals surface area contributed by atoms with Crippen molar-refractivity contribution in [1.82, 2.24) is 14.9 Å². The summed E-state index contributed by atoms with van der Waals surface area (Å²) in [6.07, 6.45) is 6.32. The molecule has 8 nitrogen and oxygen atoms in total. The molecule has 2 aliphatic heterocycles. The van der Waals surface area contributed by atoms with Crippen molar-refractivity contribution in [2.24, 2.45) is 0 Å². The van der Waals surface area contributed by atoms with Crippen LogP contribution in [0.5, 0.6) is 0 Å². The topological polar surface area (TPSA) is 98.8 Å². The van der Waals surface area contributed by atoms with Crippen LogP contribution in [0.3, 0.4) is 0 Å². The second-order valence-corrected chi connectivity index (χ2v) is 11.5. The van der Waals surface area contributed by atoms with Crippen molar-refractivity contribution in [2.45, 2.75) is 57.4 Å². The SMILES string of the molecule is CCCC1(N2CCOCC2)CCN(c2cc3c(cn2)C(=O)c2c([nH]c4cc(C(=O)O)ccc24)C3(C)C)CC1. The number of nitrogens with one attached hydrogen (secondary N) is 1. The first-order valence-corrected chi connectivity index (χ1v) is 13.8. The highest BCUT2D eigenvalue weighted by atomic mass is 16.5. The number of ketones is 1. The zero-order chi connectivity index (χ0) is 26.7. The number of anilines is 1. The number of carbonyl (C=O) groups is 2. The van der Waals surface area contributed by atoms with E-state index in [1.807, 2.05) is 0 Å². The Hall–Kier alpha value is -3.23. The summed E-state index contributed by atoms with van der Waals surface area (Å²) in [5.74, 6) is -0.125. The van der Waals surface area contributed by atoms with E-state index in [1.165, 1.54) is 12.8 Å². The molecule has 0 radical (unpaired) electrons. The first-order valence-electron chi connectivity index (χ1n) is 13.8. The molecule has 38 heavy (non-hydrogen) atoms. The summed E-state index contributed by atoms with van der Waals surface area (Å²) in [6, 6.07) is 7.01. The first kappa shape index (κ1) is 25.1. The van der Waals surface area contributed by atoms with Gasteiger partial charge in [0.25, 0.3) is 0 Å². The van der Waals surface area contributed by atoms with E-state index in [0.717, 1.165) is 74.7 Å². The van der Waals surface area contributed by atoms with E-state index in [1.54, 1.807) is 24.4 Å². The molecule has 1 aliphatic carbocycles. The number of pyridine rings is 1. The van der Waals surface area contributed by atoms with Gasteiger partial charge < -0.3 is 19.7 Å². The largest absolute Gasteiger partial charge is 0.478 e. The van der Waals surface area contributed by atoms with Crippen molar-refractivity contribution in [3.63, 3.8) is 0 Å². The van der Waals surface area contributed by atoms with Crippen LogP contribution in [0.4, 0.5) is 5.82 Å². The molecule has 0 atom stereocenters. The van der Waals surface area contributed by atoms with E-state index in [9.17, 15) is 14.7 Å². The van der Waals surface area contributed by atoms with Crippen molar-refractivity contribution >= 4 is 28.5 Å². The highest BCUT2D eigenvalue weighted by Gasteiger charge is 2.42. The van der Waals surface area contributed by atoms with Gasteiger partial charge in [0.15, 0.2) is 5.78 Å². The molecule has 6 rings (SSSR count). The van der Waals surface area contributed by atoms with Gasteiger partial charge in [-0.05, 0) is 43.0 Å². The molecule has 0 bridgehead atoms. The van der Waals surface area contributed by atoms with Crippen LogP contribution in [0.1, 0.15) is 84.0 Å². The molecule has 2 N–H and O–H groups in total. The number of nitrogens with zero attached hydrogens (tertiary/aromatic N) is 3. The van der Waals surface area contributed by atoms with Crippen LogP contribution in [-0.2, 0) is 10.2 Å². The van der Waals surface area contributed by atoms with Gasteiger partial charge in [-0.2, -0.15) is 0 Å². The maximum absolute atomic E-state index is 13.7. The fourth-order valence-corrected chi connectivity index (χ4v) is 7.00. The number of ether oxygens (including phenoxy) is 1. The molecule has 2 fully saturated rings. The maximum Gasteiger partial charge on any atom is 0.335 e. The lowest BCUT2D eigenvalue weighted by Gasteiger charge is -2.50. The van der Waals surface area contributed by atoms with Gasteiger partial charge in [-0.25, -0.2) is 9.78 Å². The zero-order valence-corrected chi connectivity index (χ0v) is 22.5. The van der Waals surface area contributed by atoms with E-state index in [-0.39, 0.29) is 16.9 Å². The van der Waals surface area contributed by atoms with Crippen LogP contribution in [0.15, 0.2) is 30.5 Å². The number of hydrogen-bond acceptors (Lipinski definition) is 6. The second-order valence-electron chi connectivity index (χ2n) is 11.5. The van der Waals surface area contributed by atoms with Crippen molar-refractivity contribution in [2.75, 3.05) is 44.3 Å². The standard InChI is InChI=1S/C30H36N4O4/c1-4-7-30(34-12-14-38-15-13-34)8-10-33(11-9-30)24-17-22-21(18-31-24)26(35)25-20-6-5-19(28(36)37)16-23(20)32-27(25)29(22,2)3/h5-6,16-18,32H,4,7-15H2,1-3H3,(H,36,37). The Labute approximate surface area is 223 Å². The quantitative estimate of drug-likeness (QED) is 0.511. The molecule has 0 spiro atoms. The number of carboxylic acid groups (broad SMARTS) is 1. The number of aromatic nitrogens is 2. The van der Waals surface area contributed by atoms with Gasteiger partial charge >= 0.3 is 5.97 Å². The highest BCUT2D eigenvalue weighted by Crippen LogP contribution is 2.45. The maximum atomic E-state index is 13.7. The van der Waals surface area contributed by atoms with E-state index >= 15 is 0 Å². The summed E-state index contributed by atoms with van der Waals surface area (Å²) in [4.78, 5) is 38.4. The second kappa shape index (κ2) is 9.20. The Morgan fingerprint density at radius 1 is 1.13 bits per heavy atom. The summed E-state index contributed by atoms with van der Waals surface area (Å²) < 4.78 is 5.63. The van der Waals surface area contributed by atoms with E-state index in [2.05, 4.69) is 41.6 Å². The smallest absolute Gasteiger partial charge is 0.335 e. The van der Waals surface area contributed by atoms with Gasteiger partial charge in [-0.1, -0.05) is 33.3 Å². The third kappa shape index (κ3) is 3.84. The van der Waals surface area contributed by atoms with E-state index < -0.39 is 11.4 Å². The lowest BCUT2D eigenvalue weighted by atomic mass is 9.72. The predicted molar refractivity (Wildman–Crippen MR) is 147 cm³/mol. The number of fused-ring (bicyclic) bond motifs is 4. The lowest BCUT2D eigenvalue weighted by Crippen LogP contribution is -2.58. The van der Waals surface area contributed by atoms with Crippen molar-refractivity contribution < 1.29 is 19.4 Å². The molecule has 3 aromatic rings. The number of morpholine rings is 1. The van der Waals surface area contributed by atoms with Gasteiger partial charge in [-0.3, -0.25) is 9.69 Å². The molecule has 1 aromatic carbocycles. The van der Waals surface area contributed by atoms with Crippen LogP contribution >= 0.6 is 0 Å². The third-order valence-corrected chi connectivity index (χ3v) is 9.12. The Bertz CT molecular complexity index is 1410. The molecule has 0 unspecified atom stereocenters. The average molecular weight is 517 g/mol. The molecule has 2 saturated heterocycles. The number of carbonyl (C=O) groups excluding carboxylic acids is 1. The Morgan fingerprint density at radius 3 is 2.55 bits per heavy atom. The molecule has 2 aromatic heterocycles. The van der Waals surface area contributed by atoms with Crippen molar-refractivity contribution in [3.8, 4) is 0 Å². The monoisotopic (exact) mass is 516 g/mol. The average Bonchev–Trinajstić information content (AvgIpc) is 3.33. The zero-order valence-electron chi connectivity index (χ0n) is 22.5. The van der Waals surface area contributed by atoms with Crippen LogP contribution in [0, 0.1) is 0 Å². The van der Waals surface area contributed by atoms with Gasteiger partial charge in [0.1, 0.15) is 5.82 Å². The summed E-state index contributed by atoms with van der Waals surface area (Å²) >= 11 is 0. The number of rotatable bonds is 5. The van der Waals surface area contributed by atoms with Gasteiger partial charge in [0.05, 0.1) is 24.3 Å². The fraction of sp³-hybridized carbons (Fsp3) is 0.500. The minimum Gasteiger partial charge on any atom is -0.478 e. The van der Waals surface area contributed by atoms with Crippen LogP contribution < -0.4 is 4.90 Å². The minimum absolute atomic E-state index is 0.0596. The number of aromatic carboxylic acids is 1. The summed E-state index contributed by atoms with van der Waals surface area (Å²) in [7, 11) is 0. The molecular weight excluding hydrogens is 480 g/mol.